The van der Waals surface area contributed by atoms with Gasteiger partial charge in [0.2, 0.25) is 0 Å². The molecule has 4 aromatic rings. The molecule has 4 heterocycles. The topological polar surface area (TPSA) is 79.7 Å². The average molecular weight is 447 g/mol. The van der Waals surface area contributed by atoms with Gasteiger partial charge in [-0.05, 0) is 23.6 Å². The van der Waals surface area contributed by atoms with Gasteiger partial charge in [-0.15, -0.1) is 0 Å². The molecule has 3 aromatic heterocycles. The molecule has 0 aliphatic carbocycles. The van der Waals surface area contributed by atoms with Crippen molar-refractivity contribution in [3.05, 3.63) is 71.0 Å². The molecule has 0 saturated carbocycles. The predicted molar refractivity (Wildman–Crippen MR) is 127 cm³/mol. The fourth-order valence-corrected chi connectivity index (χ4v) is 4.57. The lowest BCUT2D eigenvalue weighted by atomic mass is 9.93. The molecule has 1 fully saturated rings. The van der Waals surface area contributed by atoms with E-state index >= 15 is 4.39 Å². The third-order valence-electron chi connectivity index (χ3n) is 6.45. The zero-order chi connectivity index (χ0) is 23.0. The molecule has 0 spiro atoms. The summed E-state index contributed by atoms with van der Waals surface area (Å²) in [6, 6.07) is 11.9. The number of rotatable bonds is 5. The van der Waals surface area contributed by atoms with E-state index in [0.717, 1.165) is 16.8 Å². The van der Waals surface area contributed by atoms with Gasteiger partial charge >= 0.3 is 5.69 Å². The van der Waals surface area contributed by atoms with Crippen LogP contribution in [0.3, 0.4) is 0 Å². The van der Waals surface area contributed by atoms with Crippen LogP contribution in [0.5, 0.6) is 0 Å². The summed E-state index contributed by atoms with van der Waals surface area (Å²) in [4.78, 5) is 31.0. The molecule has 1 aliphatic heterocycles. The molecular formula is C25H27FN6O. The number of H-pyrrole nitrogens is 1. The third kappa shape index (κ3) is 4.13. The first kappa shape index (κ1) is 21.3. The minimum Gasteiger partial charge on any atom is -0.370 e. The maximum atomic E-state index is 15.9. The molecule has 1 N–H and O–H groups in total. The highest BCUT2D eigenvalue weighted by Crippen LogP contribution is 2.32. The number of anilines is 1. The summed E-state index contributed by atoms with van der Waals surface area (Å²) in [5.74, 6) is 0.840. The molecule has 1 saturated heterocycles. The molecule has 5 rings (SSSR count). The lowest BCUT2D eigenvalue weighted by Crippen LogP contribution is -2.45. The Hall–Kier alpha value is -3.55. The number of nitrogens with one attached hydrogen (secondary N) is 1. The molecule has 170 valence electrons. The van der Waals surface area contributed by atoms with Crippen molar-refractivity contribution in [1.29, 1.82) is 0 Å². The zero-order valence-corrected chi connectivity index (χ0v) is 18.8. The van der Waals surface area contributed by atoms with Crippen molar-refractivity contribution in [3.63, 3.8) is 0 Å². The first-order chi connectivity index (χ1) is 15.9. The highest BCUT2D eigenvalue weighted by molar-refractivity contribution is 5.73. The van der Waals surface area contributed by atoms with Gasteiger partial charge in [-0.25, -0.2) is 19.2 Å². The Morgan fingerprint density at radius 1 is 1.12 bits per heavy atom. The maximum Gasteiger partial charge on any atom is 0.327 e. The molecular weight excluding hydrogens is 419 g/mol. The van der Waals surface area contributed by atoms with Gasteiger partial charge < -0.3 is 9.88 Å². The van der Waals surface area contributed by atoms with E-state index in [-0.39, 0.29) is 12.2 Å². The van der Waals surface area contributed by atoms with Crippen molar-refractivity contribution in [2.45, 2.75) is 44.8 Å². The van der Waals surface area contributed by atoms with Gasteiger partial charge in [0.25, 0.3) is 0 Å². The molecule has 1 aromatic carbocycles. The molecule has 0 atom stereocenters. The lowest BCUT2D eigenvalue weighted by molar-refractivity contribution is 0.102. The minimum atomic E-state index is -1.49. The molecule has 0 amide bonds. The van der Waals surface area contributed by atoms with Gasteiger partial charge in [0.05, 0.1) is 24.6 Å². The van der Waals surface area contributed by atoms with E-state index < -0.39 is 5.67 Å². The van der Waals surface area contributed by atoms with Gasteiger partial charge in [-0.3, -0.25) is 9.55 Å². The summed E-state index contributed by atoms with van der Waals surface area (Å²) >= 11 is 0. The van der Waals surface area contributed by atoms with Crippen molar-refractivity contribution in [3.8, 4) is 11.4 Å². The van der Waals surface area contributed by atoms with Crippen molar-refractivity contribution >= 4 is 16.9 Å². The second-order valence-corrected chi connectivity index (χ2v) is 9.04. The fraction of sp³-hybridized carbons (Fsp3) is 0.360. The molecule has 0 unspecified atom stereocenters. The van der Waals surface area contributed by atoms with Crippen LogP contribution >= 0.6 is 0 Å². The summed E-state index contributed by atoms with van der Waals surface area (Å²) in [6.45, 7) is 5.35. The van der Waals surface area contributed by atoms with Gasteiger partial charge in [-0.2, -0.15) is 0 Å². The molecule has 8 heteroatoms. The molecule has 7 nitrogen and oxygen atoms in total. The number of aromatic amines is 1. The van der Waals surface area contributed by atoms with Crippen LogP contribution in [0.2, 0.25) is 0 Å². The summed E-state index contributed by atoms with van der Waals surface area (Å²) in [5, 5.41) is 0. The number of nitrogens with zero attached hydrogens (tertiary/aromatic N) is 5. The Labute approximate surface area is 191 Å². The van der Waals surface area contributed by atoms with Gasteiger partial charge in [-0.1, -0.05) is 38.1 Å². The van der Waals surface area contributed by atoms with Gasteiger partial charge in [0.15, 0.2) is 11.5 Å². The zero-order valence-electron chi connectivity index (χ0n) is 18.8. The molecule has 1 aliphatic rings. The van der Waals surface area contributed by atoms with Crippen LogP contribution in [0.1, 0.15) is 38.2 Å². The van der Waals surface area contributed by atoms with Crippen LogP contribution in [0.15, 0.2) is 59.8 Å². The van der Waals surface area contributed by atoms with Crippen LogP contribution < -0.4 is 10.6 Å². The first-order valence-corrected chi connectivity index (χ1v) is 11.3. The Balaban J connectivity index is 1.44. The Morgan fingerprint density at radius 3 is 2.64 bits per heavy atom. The van der Waals surface area contributed by atoms with E-state index in [1.54, 1.807) is 18.6 Å². The first-order valence-electron chi connectivity index (χ1n) is 11.3. The predicted octanol–water partition coefficient (Wildman–Crippen LogP) is 4.31. The fourth-order valence-electron chi connectivity index (χ4n) is 4.57. The highest BCUT2D eigenvalue weighted by Gasteiger charge is 2.36. The Bertz CT molecular complexity index is 1320. The highest BCUT2D eigenvalue weighted by atomic mass is 19.1. The Morgan fingerprint density at radius 2 is 1.91 bits per heavy atom. The minimum absolute atomic E-state index is 0.0327. The number of alkyl halides is 1. The van der Waals surface area contributed by atoms with Crippen LogP contribution in [-0.4, -0.2) is 43.3 Å². The van der Waals surface area contributed by atoms with Crippen molar-refractivity contribution in [2.75, 3.05) is 18.0 Å². The van der Waals surface area contributed by atoms with Crippen molar-refractivity contribution in [2.24, 2.45) is 0 Å². The van der Waals surface area contributed by atoms with E-state index in [1.807, 2.05) is 30.3 Å². The number of hydrogen-bond acceptors (Lipinski definition) is 5. The van der Waals surface area contributed by atoms with E-state index in [0.29, 0.717) is 48.8 Å². The number of benzene rings is 1. The summed E-state index contributed by atoms with van der Waals surface area (Å²) in [5.41, 5.74) is 2.15. The van der Waals surface area contributed by atoms with E-state index in [2.05, 4.69) is 39.8 Å². The largest absolute Gasteiger partial charge is 0.370 e. The smallest absolute Gasteiger partial charge is 0.327 e. The number of piperidine rings is 1. The second-order valence-electron chi connectivity index (χ2n) is 9.04. The van der Waals surface area contributed by atoms with Crippen LogP contribution in [0.4, 0.5) is 10.1 Å². The SMILES string of the molecule is CC(C)c1ccccc1-c1ncc2[nH]c(=O)n(CC3(F)CCN(c4cccnc4)CC3)c2n1. The number of aromatic nitrogens is 5. The van der Waals surface area contributed by atoms with Gasteiger partial charge in [0, 0.05) is 37.7 Å². The van der Waals surface area contributed by atoms with E-state index in [9.17, 15) is 4.79 Å². The standard InChI is InChI=1S/C25H27FN6O/c1-17(2)19-7-3-4-8-20(19)22-28-15-21-23(30-22)32(24(33)29-21)16-25(26)9-12-31(13-10-25)18-6-5-11-27-14-18/h3-8,11,14-15,17H,9-10,12-13,16H2,1-2H3,(H,29,33). The number of imidazole rings is 1. The molecule has 0 bridgehead atoms. The molecule has 0 radical (unpaired) electrons. The number of halogens is 1. The monoisotopic (exact) mass is 446 g/mol. The molecule has 33 heavy (non-hydrogen) atoms. The van der Waals surface area contributed by atoms with E-state index in [1.165, 1.54) is 4.57 Å². The van der Waals surface area contributed by atoms with Crippen molar-refractivity contribution < 1.29 is 4.39 Å². The maximum absolute atomic E-state index is 15.9. The number of pyridine rings is 1. The average Bonchev–Trinajstić information content (AvgIpc) is 3.14. The van der Waals surface area contributed by atoms with Gasteiger partial charge in [0.1, 0.15) is 11.2 Å². The van der Waals surface area contributed by atoms with E-state index in [4.69, 9.17) is 4.98 Å². The summed E-state index contributed by atoms with van der Waals surface area (Å²) in [7, 11) is 0. The van der Waals surface area contributed by atoms with Crippen LogP contribution in [0, 0.1) is 0 Å². The summed E-state index contributed by atoms with van der Waals surface area (Å²) < 4.78 is 17.3. The number of fused-ring (bicyclic) bond motifs is 1. The van der Waals surface area contributed by atoms with Crippen LogP contribution in [-0.2, 0) is 6.54 Å². The quantitative estimate of drug-likeness (QED) is 0.494. The summed E-state index contributed by atoms with van der Waals surface area (Å²) in [6.07, 6.45) is 5.79. The van der Waals surface area contributed by atoms with Crippen LogP contribution in [0.25, 0.3) is 22.6 Å². The number of hydrogen-bond donors (Lipinski definition) is 1. The lowest BCUT2D eigenvalue weighted by Gasteiger charge is -2.37. The normalized spacial score (nSPS) is 15.9. The second kappa shape index (κ2) is 8.42. The third-order valence-corrected chi connectivity index (χ3v) is 6.45. The Kier molecular flexibility index (Phi) is 5.44. The van der Waals surface area contributed by atoms with Crippen molar-refractivity contribution in [1.82, 2.24) is 24.5 Å².